The Kier molecular flexibility index (Phi) is 10.0. The van der Waals surface area contributed by atoms with Crippen LogP contribution >= 0.6 is 15.9 Å². The van der Waals surface area contributed by atoms with Crippen LogP contribution in [-0.2, 0) is 32.6 Å². The van der Waals surface area contributed by atoms with Gasteiger partial charge in [0.05, 0.1) is 10.6 Å². The maximum atomic E-state index is 14.3. The molecular formula is C33H31BrFN3O6S. The van der Waals surface area contributed by atoms with E-state index >= 15 is 0 Å². The van der Waals surface area contributed by atoms with Crippen molar-refractivity contribution in [2.75, 3.05) is 31.1 Å². The van der Waals surface area contributed by atoms with E-state index in [2.05, 4.69) is 21.2 Å². The Hall–Kier alpha value is -4.42. The van der Waals surface area contributed by atoms with Crippen LogP contribution in [0.2, 0.25) is 0 Å². The number of sulfonamides is 1. The van der Waals surface area contributed by atoms with E-state index in [1.807, 2.05) is 54.6 Å². The highest BCUT2D eigenvalue weighted by Gasteiger charge is 2.35. The second-order valence-corrected chi connectivity index (χ2v) is 13.0. The number of hydrogen-bond acceptors (Lipinski definition) is 6. The number of carbonyl (C=O) groups is 2. The van der Waals surface area contributed by atoms with Crippen LogP contribution in [0.25, 0.3) is 0 Å². The molecule has 1 heterocycles. The fourth-order valence-corrected chi connectivity index (χ4v) is 6.65. The summed E-state index contributed by atoms with van der Waals surface area (Å²) in [7, 11) is -2.91. The molecule has 1 aliphatic heterocycles. The topological polar surface area (TPSA) is 105 Å². The molecule has 4 aromatic carbocycles. The standard InChI is InChI=1S/C33H31BrFN3O6S/c1-36-33(40)29(19-23-5-3-2-4-6-23)37(21-24-7-9-25(34)10-8-24)32(39)22-38(27-13-11-26(35)12-14-27)45(41,42)28-15-16-30-31(20-28)44-18-17-43-30/h2-16,20,29H,17-19,21-22H2,1H3,(H,36,40)/t29-/m1/s1. The molecule has 12 heteroatoms. The SMILES string of the molecule is CNC(=O)[C@@H](Cc1ccccc1)N(Cc1ccc(Br)cc1)C(=O)CN(c1ccc(F)cc1)S(=O)(=O)c1ccc2c(c1)OCCO2. The van der Waals surface area contributed by atoms with Gasteiger partial charge in [0, 0.05) is 30.6 Å². The van der Waals surface area contributed by atoms with Gasteiger partial charge in [-0.3, -0.25) is 13.9 Å². The Bertz CT molecular complexity index is 1760. The summed E-state index contributed by atoms with van der Waals surface area (Å²) in [4.78, 5) is 28.9. The molecule has 0 radical (unpaired) electrons. The molecule has 1 atom stereocenters. The van der Waals surface area contributed by atoms with Crippen LogP contribution in [0.3, 0.4) is 0 Å². The number of fused-ring (bicyclic) bond motifs is 1. The fourth-order valence-electron chi connectivity index (χ4n) is 4.95. The molecule has 2 amide bonds. The minimum absolute atomic E-state index is 0.0262. The van der Waals surface area contributed by atoms with Gasteiger partial charge in [0.2, 0.25) is 11.8 Å². The van der Waals surface area contributed by atoms with Crippen molar-refractivity contribution in [3.63, 3.8) is 0 Å². The summed E-state index contributed by atoms with van der Waals surface area (Å²) >= 11 is 3.42. The van der Waals surface area contributed by atoms with Crippen molar-refractivity contribution in [1.82, 2.24) is 10.2 Å². The van der Waals surface area contributed by atoms with Gasteiger partial charge in [-0.1, -0.05) is 58.4 Å². The highest BCUT2D eigenvalue weighted by Crippen LogP contribution is 2.34. The lowest BCUT2D eigenvalue weighted by molar-refractivity contribution is -0.139. The molecule has 1 aliphatic rings. The fraction of sp³-hybridized carbons (Fsp3) is 0.212. The van der Waals surface area contributed by atoms with Gasteiger partial charge in [-0.2, -0.15) is 0 Å². The number of anilines is 1. The van der Waals surface area contributed by atoms with E-state index in [1.54, 1.807) is 0 Å². The number of amides is 2. The zero-order valence-electron chi connectivity index (χ0n) is 24.4. The van der Waals surface area contributed by atoms with E-state index in [9.17, 15) is 22.4 Å². The molecule has 0 unspecified atom stereocenters. The minimum Gasteiger partial charge on any atom is -0.486 e. The largest absolute Gasteiger partial charge is 0.486 e. The van der Waals surface area contributed by atoms with E-state index in [1.165, 1.54) is 42.3 Å². The highest BCUT2D eigenvalue weighted by molar-refractivity contribution is 9.10. The Balaban J connectivity index is 1.55. The van der Waals surface area contributed by atoms with Crippen LogP contribution in [-0.4, -0.2) is 58.0 Å². The van der Waals surface area contributed by atoms with Gasteiger partial charge in [-0.05, 0) is 59.7 Å². The summed E-state index contributed by atoms with van der Waals surface area (Å²) in [6.45, 7) is -0.0530. The molecule has 5 rings (SSSR count). The summed E-state index contributed by atoms with van der Waals surface area (Å²) in [5.41, 5.74) is 1.62. The summed E-state index contributed by atoms with van der Waals surface area (Å²) in [6, 6.07) is 24.6. The van der Waals surface area contributed by atoms with E-state index in [0.717, 1.165) is 32.0 Å². The molecule has 0 saturated carbocycles. The zero-order chi connectivity index (χ0) is 32.0. The molecule has 0 aliphatic carbocycles. The number of hydrogen-bond donors (Lipinski definition) is 1. The first kappa shape index (κ1) is 32.0. The van der Waals surface area contributed by atoms with Gasteiger partial charge in [0.25, 0.3) is 10.0 Å². The van der Waals surface area contributed by atoms with Crippen LogP contribution in [0.5, 0.6) is 11.5 Å². The van der Waals surface area contributed by atoms with Gasteiger partial charge >= 0.3 is 0 Å². The summed E-state index contributed by atoms with van der Waals surface area (Å²) < 4.78 is 55.2. The third-order valence-corrected chi connectivity index (χ3v) is 9.58. The molecule has 0 bridgehead atoms. The molecule has 0 saturated heterocycles. The number of carbonyl (C=O) groups excluding carboxylic acids is 2. The van der Waals surface area contributed by atoms with Crippen molar-refractivity contribution in [3.8, 4) is 11.5 Å². The quantitative estimate of drug-likeness (QED) is 0.238. The molecule has 234 valence electrons. The number of likely N-dealkylation sites (N-methyl/N-ethyl adjacent to an activating group) is 1. The minimum atomic E-state index is -4.40. The first-order valence-electron chi connectivity index (χ1n) is 14.1. The van der Waals surface area contributed by atoms with Crippen LogP contribution in [0.15, 0.2) is 106 Å². The third-order valence-electron chi connectivity index (χ3n) is 7.28. The van der Waals surface area contributed by atoms with Crippen molar-refractivity contribution in [1.29, 1.82) is 0 Å². The van der Waals surface area contributed by atoms with Gasteiger partial charge in [-0.25, -0.2) is 12.8 Å². The predicted octanol–water partition coefficient (Wildman–Crippen LogP) is 4.94. The Morgan fingerprint density at radius 1 is 0.889 bits per heavy atom. The summed E-state index contributed by atoms with van der Waals surface area (Å²) in [6.07, 6.45) is 0.189. The molecule has 1 N–H and O–H groups in total. The third kappa shape index (κ3) is 7.63. The molecule has 9 nitrogen and oxygen atoms in total. The predicted molar refractivity (Wildman–Crippen MR) is 171 cm³/mol. The average molecular weight is 697 g/mol. The highest BCUT2D eigenvalue weighted by atomic mass is 79.9. The summed E-state index contributed by atoms with van der Waals surface area (Å²) in [5, 5.41) is 2.65. The smallest absolute Gasteiger partial charge is 0.264 e. The maximum Gasteiger partial charge on any atom is 0.264 e. The second kappa shape index (κ2) is 14.1. The molecule has 45 heavy (non-hydrogen) atoms. The number of rotatable bonds is 11. The zero-order valence-corrected chi connectivity index (χ0v) is 26.8. The van der Waals surface area contributed by atoms with Crippen molar-refractivity contribution in [3.05, 3.63) is 118 Å². The van der Waals surface area contributed by atoms with Gasteiger partial charge < -0.3 is 19.7 Å². The molecular weight excluding hydrogens is 665 g/mol. The molecule has 0 fully saturated rings. The Morgan fingerprint density at radius 3 is 2.22 bits per heavy atom. The normalized spacial score (nSPS) is 13.0. The van der Waals surface area contributed by atoms with Crippen molar-refractivity contribution in [2.24, 2.45) is 0 Å². The van der Waals surface area contributed by atoms with Gasteiger partial charge in [0.15, 0.2) is 11.5 Å². The van der Waals surface area contributed by atoms with Crippen LogP contribution in [0.4, 0.5) is 10.1 Å². The van der Waals surface area contributed by atoms with E-state index in [-0.39, 0.29) is 35.9 Å². The number of benzene rings is 4. The van der Waals surface area contributed by atoms with Crippen LogP contribution in [0.1, 0.15) is 11.1 Å². The molecule has 0 aromatic heterocycles. The number of nitrogens with one attached hydrogen (secondary N) is 1. The van der Waals surface area contributed by atoms with E-state index < -0.39 is 40.2 Å². The van der Waals surface area contributed by atoms with Gasteiger partial charge in [0.1, 0.15) is 31.6 Å². The number of ether oxygens (including phenoxy) is 2. The number of nitrogens with zero attached hydrogens (tertiary/aromatic N) is 2. The van der Waals surface area contributed by atoms with E-state index in [0.29, 0.717) is 12.4 Å². The molecule has 4 aromatic rings. The van der Waals surface area contributed by atoms with Crippen LogP contribution < -0.4 is 19.1 Å². The Morgan fingerprint density at radius 2 is 1.56 bits per heavy atom. The van der Waals surface area contributed by atoms with Crippen molar-refractivity contribution >= 4 is 43.5 Å². The van der Waals surface area contributed by atoms with Crippen molar-refractivity contribution in [2.45, 2.75) is 23.9 Å². The first-order valence-corrected chi connectivity index (χ1v) is 16.4. The average Bonchev–Trinajstić information content (AvgIpc) is 3.06. The maximum absolute atomic E-state index is 14.3. The first-order chi connectivity index (χ1) is 21.7. The van der Waals surface area contributed by atoms with Crippen molar-refractivity contribution < 1.29 is 31.9 Å². The summed E-state index contributed by atoms with van der Waals surface area (Å²) in [5.74, 6) is -0.951. The van der Waals surface area contributed by atoms with Crippen LogP contribution in [0, 0.1) is 5.82 Å². The lowest BCUT2D eigenvalue weighted by atomic mass is 10.0. The number of halogens is 2. The second-order valence-electron chi connectivity index (χ2n) is 10.3. The van der Waals surface area contributed by atoms with E-state index in [4.69, 9.17) is 9.47 Å². The lowest BCUT2D eigenvalue weighted by Gasteiger charge is -2.33. The molecule has 0 spiro atoms. The lowest BCUT2D eigenvalue weighted by Crippen LogP contribution is -2.53. The Labute approximate surface area is 269 Å². The van der Waals surface area contributed by atoms with Gasteiger partial charge in [-0.15, -0.1) is 0 Å². The monoisotopic (exact) mass is 695 g/mol.